The molecular weight excluding hydrogens is 190 g/mol. The van der Waals surface area contributed by atoms with Crippen LogP contribution in [0.25, 0.3) is 4.98 Å². The zero-order valence-corrected chi connectivity index (χ0v) is 8.76. The van der Waals surface area contributed by atoms with E-state index >= 15 is 0 Å². The number of rotatable bonds is 4. The zero-order chi connectivity index (χ0) is 11.1. The lowest BCUT2D eigenvalue weighted by molar-refractivity contribution is -0.118. The third-order valence-electron chi connectivity index (χ3n) is 2.04. The quantitative estimate of drug-likeness (QED) is 0.708. The maximum atomic E-state index is 11.7. The fourth-order valence-corrected chi connectivity index (χ4v) is 1.32. The average molecular weight is 204 g/mol. The molecule has 0 aromatic heterocycles. The molecule has 1 rings (SSSR count). The van der Waals surface area contributed by atoms with Crippen molar-refractivity contribution in [3.63, 3.8) is 0 Å². The van der Waals surface area contributed by atoms with Crippen LogP contribution in [0.2, 0.25) is 0 Å². The van der Waals surface area contributed by atoms with Crippen LogP contribution in [-0.4, -0.2) is 12.6 Å². The molecule has 0 unspecified atom stereocenters. The molecule has 0 radical (unpaired) electrons. The van der Waals surface area contributed by atoms with Crippen molar-refractivity contribution in [2.45, 2.75) is 19.8 Å². The second-order valence-electron chi connectivity index (χ2n) is 3.19. The summed E-state index contributed by atoms with van der Waals surface area (Å²) in [6, 6.07) is 9.21. The Kier molecular flexibility index (Phi) is 4.30. The van der Waals surface area contributed by atoms with Gasteiger partial charge in [-0.2, -0.15) is 0 Å². The molecule has 1 aromatic rings. The van der Waals surface area contributed by atoms with Crippen LogP contribution in [0.1, 0.15) is 19.8 Å². The highest BCUT2D eigenvalue weighted by Crippen LogP contribution is 2.14. The molecule has 0 N–H and O–H groups in total. The second-order valence-corrected chi connectivity index (χ2v) is 3.19. The van der Waals surface area contributed by atoms with E-state index in [9.17, 15) is 4.79 Å². The van der Waals surface area contributed by atoms with Gasteiger partial charge in [0.05, 0.1) is 5.69 Å². The molecule has 4 heteroatoms. The Bertz CT molecular complexity index is 356. The zero-order valence-electron chi connectivity index (χ0n) is 8.76. The fourth-order valence-electron chi connectivity index (χ4n) is 1.32. The van der Waals surface area contributed by atoms with Gasteiger partial charge in [0.1, 0.15) is 4.98 Å². The summed E-state index contributed by atoms with van der Waals surface area (Å²) in [6.45, 7) is 1.93. The van der Waals surface area contributed by atoms with Gasteiger partial charge >= 0.3 is 6.67 Å². The first-order valence-electron chi connectivity index (χ1n) is 4.96. The number of amides is 1. The highest BCUT2D eigenvalue weighted by molar-refractivity contribution is 5.93. The molecule has 1 aromatic carbocycles. The van der Waals surface area contributed by atoms with Crippen molar-refractivity contribution in [1.29, 1.82) is 5.39 Å². The van der Waals surface area contributed by atoms with E-state index in [1.54, 1.807) is 0 Å². The van der Waals surface area contributed by atoms with Crippen molar-refractivity contribution >= 4 is 11.6 Å². The molecule has 0 atom stereocenters. The summed E-state index contributed by atoms with van der Waals surface area (Å²) in [7, 11) is 0. The van der Waals surface area contributed by atoms with Crippen LogP contribution in [0.3, 0.4) is 0 Å². The first-order valence-corrected chi connectivity index (χ1v) is 4.96. The average Bonchev–Trinajstić information content (AvgIpc) is 2.27. The summed E-state index contributed by atoms with van der Waals surface area (Å²) in [6.07, 6.45) is 1.25. The normalized spacial score (nSPS) is 9.33. The van der Waals surface area contributed by atoms with Gasteiger partial charge in [-0.15, -0.1) is 0 Å². The lowest BCUT2D eigenvalue weighted by Crippen LogP contribution is -2.30. The Labute approximate surface area is 89.1 Å². The molecule has 1 amide bonds. The predicted octanol–water partition coefficient (Wildman–Crippen LogP) is 2.63. The number of hydrogen-bond donors (Lipinski definition) is 0. The molecular formula is C11H14N3O+. The Balaban J connectivity index is 2.84. The SMILES string of the molecule is CCCC(=O)N(C[N+]#N)c1ccccc1. The summed E-state index contributed by atoms with van der Waals surface area (Å²) in [4.78, 5) is 16.2. The standard InChI is InChI=1S/C11H14N3O/c1-2-6-11(15)14(9-13-12)10-7-4-3-5-8-10/h3-5,7-8H,2,6,9H2,1H3/q+1. The first-order chi connectivity index (χ1) is 7.29. The Hall–Kier alpha value is -1.89. The molecule has 0 bridgehead atoms. The molecule has 0 aliphatic rings. The number of nitrogens with zero attached hydrogens (tertiary/aromatic N) is 3. The number of benzene rings is 1. The summed E-state index contributed by atoms with van der Waals surface area (Å²) in [5, 5.41) is 8.55. The number of para-hydroxylation sites is 1. The molecule has 0 aliphatic carbocycles. The van der Waals surface area contributed by atoms with Crippen molar-refractivity contribution in [3.8, 4) is 0 Å². The number of diazo groups is 1. The van der Waals surface area contributed by atoms with Crippen LogP contribution < -0.4 is 4.90 Å². The lowest BCUT2D eigenvalue weighted by atomic mass is 10.2. The Morgan fingerprint density at radius 3 is 2.60 bits per heavy atom. The molecule has 15 heavy (non-hydrogen) atoms. The Morgan fingerprint density at radius 2 is 2.07 bits per heavy atom. The molecule has 0 saturated heterocycles. The molecule has 0 heterocycles. The van der Waals surface area contributed by atoms with E-state index in [2.05, 4.69) is 4.98 Å². The first kappa shape index (κ1) is 11.2. The monoisotopic (exact) mass is 204 g/mol. The summed E-state index contributed by atoms with van der Waals surface area (Å²) < 4.78 is 0. The van der Waals surface area contributed by atoms with Crippen molar-refractivity contribution in [3.05, 3.63) is 35.3 Å². The number of carbonyl (C=O) groups excluding carboxylic acids is 1. The molecule has 78 valence electrons. The van der Waals surface area contributed by atoms with Crippen molar-refractivity contribution in [1.82, 2.24) is 0 Å². The maximum Gasteiger partial charge on any atom is 0.387 e. The van der Waals surface area contributed by atoms with Crippen molar-refractivity contribution in [2.75, 3.05) is 11.6 Å². The number of carbonyl (C=O) groups is 1. The minimum absolute atomic E-state index is 0.0111. The molecule has 0 aliphatic heterocycles. The molecule has 0 saturated carbocycles. The van der Waals surface area contributed by atoms with Gasteiger partial charge in [-0.3, -0.25) is 4.79 Å². The topological polar surface area (TPSA) is 48.5 Å². The van der Waals surface area contributed by atoms with Crippen LogP contribution in [0.15, 0.2) is 30.3 Å². The van der Waals surface area contributed by atoms with E-state index in [4.69, 9.17) is 5.39 Å². The van der Waals surface area contributed by atoms with Crippen LogP contribution in [0, 0.1) is 5.39 Å². The van der Waals surface area contributed by atoms with E-state index < -0.39 is 0 Å². The summed E-state index contributed by atoms with van der Waals surface area (Å²) >= 11 is 0. The summed E-state index contributed by atoms with van der Waals surface area (Å²) in [5.74, 6) is -0.0264. The van der Waals surface area contributed by atoms with Crippen LogP contribution in [-0.2, 0) is 4.79 Å². The predicted molar refractivity (Wildman–Crippen MR) is 58.8 cm³/mol. The Morgan fingerprint density at radius 1 is 1.40 bits per heavy atom. The van der Waals surface area contributed by atoms with Gasteiger partial charge < -0.3 is 0 Å². The van der Waals surface area contributed by atoms with Crippen LogP contribution >= 0.6 is 0 Å². The van der Waals surface area contributed by atoms with E-state index in [1.165, 1.54) is 4.90 Å². The minimum atomic E-state index is -0.0264. The summed E-state index contributed by atoms with van der Waals surface area (Å²) in [5.41, 5.74) is 0.758. The number of anilines is 1. The lowest BCUT2D eigenvalue weighted by Gasteiger charge is -2.14. The highest BCUT2D eigenvalue weighted by atomic mass is 16.2. The van der Waals surface area contributed by atoms with Gasteiger partial charge in [0.25, 0.3) is 0 Å². The number of hydrogen-bond acceptors (Lipinski definition) is 2. The van der Waals surface area contributed by atoms with E-state index in [0.29, 0.717) is 6.42 Å². The van der Waals surface area contributed by atoms with Gasteiger partial charge in [-0.1, -0.05) is 25.1 Å². The van der Waals surface area contributed by atoms with Crippen LogP contribution in [0.4, 0.5) is 5.69 Å². The van der Waals surface area contributed by atoms with Crippen LogP contribution in [0.5, 0.6) is 0 Å². The molecule has 0 fully saturated rings. The molecule has 4 nitrogen and oxygen atoms in total. The second kappa shape index (κ2) is 5.76. The van der Waals surface area contributed by atoms with Gasteiger partial charge in [-0.05, 0) is 18.6 Å². The maximum absolute atomic E-state index is 11.7. The third kappa shape index (κ3) is 3.06. The fraction of sp³-hybridized carbons (Fsp3) is 0.364. The smallest absolute Gasteiger partial charge is 0.274 e. The van der Waals surface area contributed by atoms with Gasteiger partial charge in [0.15, 0.2) is 0 Å². The minimum Gasteiger partial charge on any atom is -0.274 e. The van der Waals surface area contributed by atoms with E-state index in [-0.39, 0.29) is 12.6 Å². The molecule has 0 spiro atoms. The largest absolute Gasteiger partial charge is 0.387 e. The van der Waals surface area contributed by atoms with Gasteiger partial charge in [0, 0.05) is 6.42 Å². The van der Waals surface area contributed by atoms with E-state index in [1.807, 2.05) is 37.3 Å². The highest BCUT2D eigenvalue weighted by Gasteiger charge is 2.18. The third-order valence-corrected chi connectivity index (χ3v) is 2.04. The van der Waals surface area contributed by atoms with Crippen molar-refractivity contribution < 1.29 is 4.79 Å². The van der Waals surface area contributed by atoms with Gasteiger partial charge in [-0.25, -0.2) is 4.90 Å². The van der Waals surface area contributed by atoms with Gasteiger partial charge in [0.2, 0.25) is 11.3 Å². The van der Waals surface area contributed by atoms with E-state index in [0.717, 1.165) is 12.1 Å². The van der Waals surface area contributed by atoms with Crippen molar-refractivity contribution in [2.24, 2.45) is 0 Å².